The van der Waals surface area contributed by atoms with Gasteiger partial charge in [0.2, 0.25) is 11.7 Å². The van der Waals surface area contributed by atoms with Crippen molar-refractivity contribution in [3.8, 4) is 11.5 Å². The average Bonchev–Trinajstić information content (AvgIpc) is 2.90. The van der Waals surface area contributed by atoms with E-state index < -0.39 is 0 Å². The first-order chi connectivity index (χ1) is 8.84. The molecule has 94 valence electrons. The number of aromatic nitrogens is 3. The van der Waals surface area contributed by atoms with E-state index in [0.29, 0.717) is 28.3 Å². The lowest BCUT2D eigenvalue weighted by Crippen LogP contribution is -2.26. The molecule has 1 aliphatic heterocycles. The molecule has 0 saturated carbocycles. The zero-order chi connectivity index (χ0) is 12.4. The van der Waals surface area contributed by atoms with E-state index in [1.165, 1.54) is 0 Å². The lowest BCUT2D eigenvalue weighted by atomic mass is 9.98. The minimum absolute atomic E-state index is 0.343. The molecule has 6 heteroatoms. The van der Waals surface area contributed by atoms with Gasteiger partial charge in [-0.2, -0.15) is 4.98 Å². The molecule has 3 heterocycles. The quantitative estimate of drug-likeness (QED) is 0.901. The zero-order valence-electron chi connectivity index (χ0n) is 9.77. The summed E-state index contributed by atoms with van der Waals surface area (Å²) < 4.78 is 5.33. The molecule has 0 radical (unpaired) electrons. The number of piperidine rings is 1. The van der Waals surface area contributed by atoms with Gasteiger partial charge in [0, 0.05) is 12.1 Å². The van der Waals surface area contributed by atoms with Crippen LogP contribution in [0.15, 0.2) is 22.9 Å². The largest absolute Gasteiger partial charge is 0.339 e. The van der Waals surface area contributed by atoms with Crippen LogP contribution in [0.3, 0.4) is 0 Å². The van der Waals surface area contributed by atoms with E-state index in [9.17, 15) is 0 Å². The Kier molecular flexibility index (Phi) is 3.25. The molecule has 1 fully saturated rings. The number of nitrogens with one attached hydrogen (secondary N) is 1. The fraction of sp³-hybridized carbons (Fsp3) is 0.417. The Hall–Kier alpha value is -1.46. The Labute approximate surface area is 110 Å². The van der Waals surface area contributed by atoms with Gasteiger partial charge in [-0.1, -0.05) is 16.8 Å². The van der Waals surface area contributed by atoms with E-state index in [-0.39, 0.29) is 0 Å². The Balaban J connectivity index is 1.87. The molecule has 1 saturated heterocycles. The van der Waals surface area contributed by atoms with Gasteiger partial charge in [0.1, 0.15) is 5.69 Å². The normalized spacial score (nSPS) is 16.9. The third kappa shape index (κ3) is 2.23. The van der Waals surface area contributed by atoms with Gasteiger partial charge in [-0.05, 0) is 38.1 Å². The Bertz CT molecular complexity index is 536. The Morgan fingerprint density at radius 1 is 1.33 bits per heavy atom. The third-order valence-electron chi connectivity index (χ3n) is 3.10. The minimum Gasteiger partial charge on any atom is -0.339 e. The van der Waals surface area contributed by atoms with Crippen molar-refractivity contribution in [3.05, 3.63) is 29.2 Å². The fourth-order valence-corrected chi connectivity index (χ4v) is 2.32. The lowest BCUT2D eigenvalue weighted by molar-refractivity contribution is 0.320. The first-order valence-electron chi connectivity index (χ1n) is 6.00. The van der Waals surface area contributed by atoms with E-state index in [2.05, 4.69) is 20.4 Å². The Morgan fingerprint density at radius 3 is 2.94 bits per heavy atom. The summed E-state index contributed by atoms with van der Waals surface area (Å²) >= 11 is 6.06. The van der Waals surface area contributed by atoms with Crippen LogP contribution in [-0.4, -0.2) is 28.2 Å². The number of rotatable bonds is 2. The summed E-state index contributed by atoms with van der Waals surface area (Å²) in [6, 6.07) is 3.55. The average molecular weight is 265 g/mol. The molecule has 5 nitrogen and oxygen atoms in total. The van der Waals surface area contributed by atoms with Crippen molar-refractivity contribution in [1.82, 2.24) is 20.4 Å². The van der Waals surface area contributed by atoms with Gasteiger partial charge < -0.3 is 9.84 Å². The summed E-state index contributed by atoms with van der Waals surface area (Å²) in [5.74, 6) is 1.50. The fourth-order valence-electron chi connectivity index (χ4n) is 2.12. The van der Waals surface area contributed by atoms with Crippen molar-refractivity contribution < 1.29 is 4.52 Å². The van der Waals surface area contributed by atoms with E-state index in [1.54, 1.807) is 18.3 Å². The summed E-state index contributed by atoms with van der Waals surface area (Å²) in [4.78, 5) is 8.59. The van der Waals surface area contributed by atoms with Gasteiger partial charge >= 0.3 is 0 Å². The molecule has 0 bridgehead atoms. The van der Waals surface area contributed by atoms with Crippen LogP contribution in [0, 0.1) is 0 Å². The number of hydrogen-bond donors (Lipinski definition) is 1. The highest BCUT2D eigenvalue weighted by Crippen LogP contribution is 2.27. The van der Waals surface area contributed by atoms with Gasteiger partial charge in [-0.15, -0.1) is 0 Å². The monoisotopic (exact) mass is 264 g/mol. The number of halogens is 1. The molecule has 0 atom stereocenters. The lowest BCUT2D eigenvalue weighted by Gasteiger charge is -2.18. The zero-order valence-corrected chi connectivity index (χ0v) is 10.5. The van der Waals surface area contributed by atoms with E-state index in [4.69, 9.17) is 16.1 Å². The molecule has 1 N–H and O–H groups in total. The molecule has 2 aromatic rings. The Morgan fingerprint density at radius 2 is 2.17 bits per heavy atom. The van der Waals surface area contributed by atoms with Crippen molar-refractivity contribution in [1.29, 1.82) is 0 Å². The summed E-state index contributed by atoms with van der Waals surface area (Å²) in [5, 5.41) is 7.81. The molecule has 3 rings (SSSR count). The predicted octanol–water partition coefficient (Wildman–Crippen LogP) is 2.25. The highest BCUT2D eigenvalue weighted by Gasteiger charge is 2.22. The van der Waals surface area contributed by atoms with Crippen molar-refractivity contribution in [2.75, 3.05) is 13.1 Å². The molecule has 0 aliphatic carbocycles. The second kappa shape index (κ2) is 5.04. The molecular formula is C12H13ClN4O. The van der Waals surface area contributed by atoms with Crippen LogP contribution in [0.2, 0.25) is 5.02 Å². The van der Waals surface area contributed by atoms with Gasteiger partial charge in [-0.25, -0.2) is 0 Å². The topological polar surface area (TPSA) is 63.8 Å². The standard InChI is InChI=1S/C12H13ClN4O/c13-9-2-1-5-15-10(9)11-16-12(18-17-11)8-3-6-14-7-4-8/h1-2,5,8,14H,3-4,6-7H2. The highest BCUT2D eigenvalue weighted by molar-refractivity contribution is 6.32. The van der Waals surface area contributed by atoms with E-state index in [1.807, 2.05) is 0 Å². The summed E-state index contributed by atoms with van der Waals surface area (Å²) in [5.41, 5.74) is 0.572. The first kappa shape index (κ1) is 11.6. The number of pyridine rings is 1. The van der Waals surface area contributed by atoms with Crippen molar-refractivity contribution in [3.63, 3.8) is 0 Å². The molecule has 0 spiro atoms. The van der Waals surface area contributed by atoms with Crippen LogP contribution in [0.4, 0.5) is 0 Å². The summed E-state index contributed by atoms with van der Waals surface area (Å²) in [6.07, 6.45) is 3.72. The van der Waals surface area contributed by atoms with Crippen LogP contribution in [0.25, 0.3) is 11.5 Å². The van der Waals surface area contributed by atoms with Crippen molar-refractivity contribution in [2.45, 2.75) is 18.8 Å². The molecule has 1 aliphatic rings. The minimum atomic E-state index is 0.343. The van der Waals surface area contributed by atoms with Crippen LogP contribution in [-0.2, 0) is 0 Å². The van der Waals surface area contributed by atoms with Crippen LogP contribution in [0.1, 0.15) is 24.7 Å². The van der Waals surface area contributed by atoms with Gasteiger partial charge in [0.05, 0.1) is 5.02 Å². The molecule has 18 heavy (non-hydrogen) atoms. The molecular weight excluding hydrogens is 252 g/mol. The third-order valence-corrected chi connectivity index (χ3v) is 3.41. The molecule has 0 aromatic carbocycles. The maximum Gasteiger partial charge on any atom is 0.230 e. The van der Waals surface area contributed by atoms with Crippen LogP contribution >= 0.6 is 11.6 Å². The molecule has 2 aromatic heterocycles. The van der Waals surface area contributed by atoms with E-state index >= 15 is 0 Å². The highest BCUT2D eigenvalue weighted by atomic mass is 35.5. The number of hydrogen-bond acceptors (Lipinski definition) is 5. The second-order valence-corrected chi connectivity index (χ2v) is 4.72. The van der Waals surface area contributed by atoms with Crippen molar-refractivity contribution >= 4 is 11.6 Å². The first-order valence-corrected chi connectivity index (χ1v) is 6.37. The number of nitrogens with zero attached hydrogens (tertiary/aromatic N) is 3. The van der Waals surface area contributed by atoms with Gasteiger partial charge in [0.15, 0.2) is 0 Å². The van der Waals surface area contributed by atoms with Crippen molar-refractivity contribution in [2.24, 2.45) is 0 Å². The van der Waals surface area contributed by atoms with Crippen LogP contribution in [0.5, 0.6) is 0 Å². The predicted molar refractivity (Wildman–Crippen MR) is 67.4 cm³/mol. The second-order valence-electron chi connectivity index (χ2n) is 4.31. The molecule has 0 unspecified atom stereocenters. The SMILES string of the molecule is Clc1cccnc1-c1noc(C2CCNCC2)n1. The maximum absolute atomic E-state index is 6.06. The maximum atomic E-state index is 6.06. The van der Waals surface area contributed by atoms with Crippen LogP contribution < -0.4 is 5.32 Å². The summed E-state index contributed by atoms with van der Waals surface area (Å²) in [7, 11) is 0. The molecule has 0 amide bonds. The summed E-state index contributed by atoms with van der Waals surface area (Å²) in [6.45, 7) is 1.99. The smallest absolute Gasteiger partial charge is 0.230 e. The van der Waals surface area contributed by atoms with Gasteiger partial charge in [0.25, 0.3) is 0 Å². The van der Waals surface area contributed by atoms with Gasteiger partial charge in [-0.3, -0.25) is 4.98 Å². The van der Waals surface area contributed by atoms with E-state index in [0.717, 1.165) is 25.9 Å².